The zero-order chi connectivity index (χ0) is 13.1. The molecule has 1 aromatic heterocycles. The van der Waals surface area contributed by atoms with Crippen molar-refractivity contribution < 1.29 is 19.0 Å². The Morgan fingerprint density at radius 1 is 1.39 bits per heavy atom. The summed E-state index contributed by atoms with van der Waals surface area (Å²) in [4.78, 5) is 11.6. The standard InChI is InChI=1S/C12H8BrFO3S/c13-11-4-2-8(18-11)6-17-7-1-3-9(12(15)16)10(14)5-7/h1-5H,6H2,(H,15,16). The maximum absolute atomic E-state index is 13.4. The number of carbonyl (C=O) groups is 1. The zero-order valence-electron chi connectivity index (χ0n) is 9.02. The fourth-order valence-electron chi connectivity index (χ4n) is 1.34. The van der Waals surface area contributed by atoms with Crippen LogP contribution in [-0.2, 0) is 6.61 Å². The summed E-state index contributed by atoms with van der Waals surface area (Å²) < 4.78 is 19.7. The first-order valence-electron chi connectivity index (χ1n) is 4.96. The Hall–Kier alpha value is -1.40. The van der Waals surface area contributed by atoms with Gasteiger partial charge in [-0.05, 0) is 40.2 Å². The third kappa shape index (κ3) is 3.08. The molecular formula is C12H8BrFO3S. The maximum atomic E-state index is 13.4. The Labute approximate surface area is 115 Å². The Bertz CT molecular complexity index is 582. The summed E-state index contributed by atoms with van der Waals surface area (Å²) in [5.74, 6) is -1.78. The molecule has 0 saturated carbocycles. The number of ether oxygens (including phenoxy) is 1. The van der Waals surface area contributed by atoms with Gasteiger partial charge in [-0.2, -0.15) is 0 Å². The maximum Gasteiger partial charge on any atom is 0.338 e. The third-order valence-electron chi connectivity index (χ3n) is 2.18. The number of benzene rings is 1. The molecule has 0 radical (unpaired) electrons. The number of hydrogen-bond acceptors (Lipinski definition) is 3. The van der Waals surface area contributed by atoms with E-state index in [9.17, 15) is 9.18 Å². The molecule has 3 nitrogen and oxygen atoms in total. The van der Waals surface area contributed by atoms with Crippen LogP contribution in [0.25, 0.3) is 0 Å². The van der Waals surface area contributed by atoms with Crippen LogP contribution in [0.15, 0.2) is 34.1 Å². The Kier molecular flexibility index (Phi) is 3.98. The number of rotatable bonds is 4. The molecule has 0 saturated heterocycles. The lowest BCUT2D eigenvalue weighted by Crippen LogP contribution is -2.01. The summed E-state index contributed by atoms with van der Waals surface area (Å²) in [7, 11) is 0. The molecule has 6 heteroatoms. The highest BCUT2D eigenvalue weighted by Gasteiger charge is 2.11. The van der Waals surface area contributed by atoms with Crippen molar-refractivity contribution in [1.82, 2.24) is 0 Å². The molecule has 0 atom stereocenters. The van der Waals surface area contributed by atoms with Gasteiger partial charge in [-0.15, -0.1) is 11.3 Å². The molecule has 1 heterocycles. The molecule has 0 aliphatic rings. The summed E-state index contributed by atoms with van der Waals surface area (Å²) in [6, 6.07) is 7.51. The highest BCUT2D eigenvalue weighted by Crippen LogP contribution is 2.24. The lowest BCUT2D eigenvalue weighted by Gasteiger charge is -2.05. The molecule has 0 amide bonds. The molecule has 0 bridgehead atoms. The summed E-state index contributed by atoms with van der Waals surface area (Å²) >= 11 is 4.86. The fourth-order valence-corrected chi connectivity index (χ4v) is 2.74. The van der Waals surface area contributed by atoms with E-state index in [0.717, 1.165) is 14.7 Å². The average Bonchev–Trinajstić information content (AvgIpc) is 2.72. The van der Waals surface area contributed by atoms with Crippen molar-refractivity contribution in [2.75, 3.05) is 0 Å². The van der Waals surface area contributed by atoms with Crippen LogP contribution in [0.1, 0.15) is 15.2 Å². The smallest absolute Gasteiger partial charge is 0.338 e. The van der Waals surface area contributed by atoms with Crippen LogP contribution in [0, 0.1) is 5.82 Å². The monoisotopic (exact) mass is 330 g/mol. The molecule has 94 valence electrons. The topological polar surface area (TPSA) is 46.5 Å². The van der Waals surface area contributed by atoms with Gasteiger partial charge in [0.15, 0.2) is 0 Å². The third-order valence-corrected chi connectivity index (χ3v) is 3.78. The normalized spacial score (nSPS) is 10.3. The van der Waals surface area contributed by atoms with Gasteiger partial charge >= 0.3 is 5.97 Å². The second-order valence-corrected chi connectivity index (χ2v) is 5.99. The van der Waals surface area contributed by atoms with Gasteiger partial charge in [0.25, 0.3) is 0 Å². The van der Waals surface area contributed by atoms with Crippen LogP contribution in [0.2, 0.25) is 0 Å². The van der Waals surface area contributed by atoms with E-state index in [4.69, 9.17) is 9.84 Å². The van der Waals surface area contributed by atoms with Gasteiger partial charge in [0.05, 0.1) is 9.35 Å². The SMILES string of the molecule is O=C(O)c1ccc(OCc2ccc(Br)s2)cc1F. The van der Waals surface area contributed by atoms with Crippen LogP contribution in [0.3, 0.4) is 0 Å². The first-order valence-corrected chi connectivity index (χ1v) is 6.57. The van der Waals surface area contributed by atoms with E-state index in [1.165, 1.54) is 23.5 Å². The van der Waals surface area contributed by atoms with E-state index in [1.807, 2.05) is 12.1 Å². The first kappa shape index (κ1) is 13.0. The highest BCUT2D eigenvalue weighted by molar-refractivity contribution is 9.11. The Balaban J connectivity index is 2.06. The van der Waals surface area contributed by atoms with Gasteiger partial charge in [-0.25, -0.2) is 9.18 Å². The number of halogens is 2. The lowest BCUT2D eigenvalue weighted by atomic mass is 10.2. The quantitative estimate of drug-likeness (QED) is 0.923. The summed E-state index contributed by atoms with van der Waals surface area (Å²) in [5.41, 5.74) is -0.360. The van der Waals surface area contributed by atoms with Crippen molar-refractivity contribution in [2.24, 2.45) is 0 Å². The molecule has 0 aliphatic heterocycles. The predicted octanol–water partition coefficient (Wildman–Crippen LogP) is 3.93. The summed E-state index contributed by atoms with van der Waals surface area (Å²) in [6.07, 6.45) is 0. The summed E-state index contributed by atoms with van der Waals surface area (Å²) in [6.45, 7) is 0.322. The molecular weight excluding hydrogens is 323 g/mol. The zero-order valence-corrected chi connectivity index (χ0v) is 11.4. The van der Waals surface area contributed by atoms with E-state index in [0.29, 0.717) is 12.4 Å². The number of carboxylic acids is 1. The van der Waals surface area contributed by atoms with Crippen LogP contribution in [0.5, 0.6) is 5.75 Å². The number of aromatic carboxylic acids is 1. The lowest BCUT2D eigenvalue weighted by molar-refractivity contribution is 0.0692. The van der Waals surface area contributed by atoms with Crippen LogP contribution >= 0.6 is 27.3 Å². The van der Waals surface area contributed by atoms with E-state index >= 15 is 0 Å². The Morgan fingerprint density at radius 2 is 2.17 bits per heavy atom. The molecule has 2 aromatic rings. The van der Waals surface area contributed by atoms with Crippen LogP contribution in [-0.4, -0.2) is 11.1 Å². The highest BCUT2D eigenvalue weighted by atomic mass is 79.9. The van der Waals surface area contributed by atoms with E-state index in [-0.39, 0.29) is 5.56 Å². The average molecular weight is 331 g/mol. The molecule has 1 aromatic carbocycles. The molecule has 0 aliphatic carbocycles. The molecule has 0 fully saturated rings. The van der Waals surface area contributed by atoms with Crippen molar-refractivity contribution >= 4 is 33.2 Å². The molecule has 2 rings (SSSR count). The van der Waals surface area contributed by atoms with Crippen molar-refractivity contribution in [2.45, 2.75) is 6.61 Å². The predicted molar refractivity (Wildman–Crippen MR) is 69.7 cm³/mol. The van der Waals surface area contributed by atoms with E-state index < -0.39 is 11.8 Å². The van der Waals surface area contributed by atoms with Crippen LogP contribution in [0.4, 0.5) is 4.39 Å². The van der Waals surface area contributed by atoms with E-state index in [2.05, 4.69) is 15.9 Å². The van der Waals surface area contributed by atoms with Gasteiger partial charge in [0.1, 0.15) is 18.2 Å². The Morgan fingerprint density at radius 3 is 2.72 bits per heavy atom. The fraction of sp³-hybridized carbons (Fsp3) is 0.0833. The second-order valence-electron chi connectivity index (χ2n) is 3.44. The van der Waals surface area contributed by atoms with Gasteiger partial charge in [0, 0.05) is 10.9 Å². The summed E-state index contributed by atoms with van der Waals surface area (Å²) in [5, 5.41) is 8.68. The van der Waals surface area contributed by atoms with Gasteiger partial charge in [-0.1, -0.05) is 0 Å². The molecule has 1 N–H and O–H groups in total. The van der Waals surface area contributed by atoms with E-state index in [1.54, 1.807) is 0 Å². The van der Waals surface area contributed by atoms with Gasteiger partial charge in [0.2, 0.25) is 0 Å². The first-order chi connectivity index (χ1) is 8.56. The largest absolute Gasteiger partial charge is 0.488 e. The molecule has 18 heavy (non-hydrogen) atoms. The molecule has 0 spiro atoms. The van der Waals surface area contributed by atoms with Crippen molar-refractivity contribution in [3.8, 4) is 5.75 Å². The van der Waals surface area contributed by atoms with Crippen molar-refractivity contribution in [3.63, 3.8) is 0 Å². The number of carboxylic acid groups (broad SMARTS) is 1. The minimum Gasteiger partial charge on any atom is -0.488 e. The van der Waals surface area contributed by atoms with Crippen molar-refractivity contribution in [3.05, 3.63) is 50.4 Å². The van der Waals surface area contributed by atoms with Gasteiger partial charge < -0.3 is 9.84 Å². The second kappa shape index (κ2) is 5.49. The minimum atomic E-state index is -1.29. The minimum absolute atomic E-state index is 0.307. The van der Waals surface area contributed by atoms with Crippen LogP contribution < -0.4 is 4.74 Å². The molecule has 0 unspecified atom stereocenters. The van der Waals surface area contributed by atoms with Crippen molar-refractivity contribution in [1.29, 1.82) is 0 Å². The number of thiophene rings is 1. The number of hydrogen-bond donors (Lipinski definition) is 1. The van der Waals surface area contributed by atoms with Gasteiger partial charge in [-0.3, -0.25) is 0 Å².